The van der Waals surface area contributed by atoms with Crippen LogP contribution < -0.4 is 5.32 Å². The largest absolute Gasteiger partial charge is 0.356 e. The van der Waals surface area contributed by atoms with Crippen molar-refractivity contribution in [3.05, 3.63) is 53.6 Å². The highest BCUT2D eigenvalue weighted by atomic mass is 16.2. The topological polar surface area (TPSA) is 74.8 Å². The summed E-state index contributed by atoms with van der Waals surface area (Å²) in [5, 5.41) is 2.79. The van der Waals surface area contributed by atoms with Crippen LogP contribution in [0, 0.1) is 0 Å². The standard InChI is InChI=1S/C14H15N3O2/c1-10(18)12-7-13(17-9-12)14(19)16-6-4-11-3-2-5-15-8-11/h2-3,5,7-9,17H,4,6H2,1H3,(H,16,19). The number of rotatable bonds is 5. The molecule has 2 aromatic heterocycles. The predicted molar refractivity (Wildman–Crippen MR) is 71.1 cm³/mol. The Morgan fingerprint density at radius 1 is 1.42 bits per heavy atom. The molecule has 0 aliphatic carbocycles. The minimum atomic E-state index is -0.212. The third-order valence-corrected chi connectivity index (χ3v) is 2.76. The van der Waals surface area contributed by atoms with Crippen LogP contribution in [-0.4, -0.2) is 28.2 Å². The van der Waals surface area contributed by atoms with Gasteiger partial charge in [0.05, 0.1) is 0 Å². The van der Waals surface area contributed by atoms with Gasteiger partial charge >= 0.3 is 0 Å². The molecule has 98 valence electrons. The zero-order valence-corrected chi connectivity index (χ0v) is 10.6. The van der Waals surface area contributed by atoms with Gasteiger partial charge in [-0.2, -0.15) is 0 Å². The molecule has 5 nitrogen and oxygen atoms in total. The van der Waals surface area contributed by atoms with E-state index in [4.69, 9.17) is 0 Å². The van der Waals surface area contributed by atoms with E-state index in [1.807, 2.05) is 12.1 Å². The molecule has 0 radical (unpaired) electrons. The number of ketones is 1. The lowest BCUT2D eigenvalue weighted by Gasteiger charge is -2.03. The van der Waals surface area contributed by atoms with Crippen LogP contribution >= 0.6 is 0 Å². The molecule has 5 heteroatoms. The van der Waals surface area contributed by atoms with Crippen LogP contribution in [-0.2, 0) is 6.42 Å². The minimum Gasteiger partial charge on any atom is -0.356 e. The Morgan fingerprint density at radius 2 is 2.26 bits per heavy atom. The van der Waals surface area contributed by atoms with Crippen molar-refractivity contribution in [2.75, 3.05) is 6.54 Å². The third kappa shape index (κ3) is 3.51. The normalized spacial score (nSPS) is 10.2. The van der Waals surface area contributed by atoms with Gasteiger partial charge in [0.2, 0.25) is 0 Å². The predicted octanol–water partition coefficient (Wildman–Crippen LogP) is 1.58. The maximum Gasteiger partial charge on any atom is 0.267 e. The molecule has 1 amide bonds. The summed E-state index contributed by atoms with van der Waals surface area (Å²) < 4.78 is 0. The van der Waals surface area contributed by atoms with Crippen molar-refractivity contribution in [1.82, 2.24) is 15.3 Å². The minimum absolute atomic E-state index is 0.0642. The van der Waals surface area contributed by atoms with Crippen LogP contribution in [0.25, 0.3) is 0 Å². The lowest BCUT2D eigenvalue weighted by molar-refractivity contribution is 0.0949. The molecule has 0 spiro atoms. The van der Waals surface area contributed by atoms with Crippen molar-refractivity contribution >= 4 is 11.7 Å². The number of hydrogen-bond acceptors (Lipinski definition) is 3. The summed E-state index contributed by atoms with van der Waals surface area (Å²) >= 11 is 0. The summed E-state index contributed by atoms with van der Waals surface area (Å²) in [6.07, 6.45) is 5.75. The summed E-state index contributed by atoms with van der Waals surface area (Å²) in [4.78, 5) is 29.7. The second-order valence-electron chi connectivity index (χ2n) is 4.23. The molecule has 2 aromatic rings. The van der Waals surface area contributed by atoms with Gasteiger partial charge in [0.25, 0.3) is 5.91 Å². The average Bonchev–Trinajstić information content (AvgIpc) is 2.89. The highest BCUT2D eigenvalue weighted by molar-refractivity contribution is 5.99. The first-order chi connectivity index (χ1) is 9.16. The molecule has 0 aliphatic rings. The maximum atomic E-state index is 11.8. The van der Waals surface area contributed by atoms with Crippen molar-refractivity contribution in [3.63, 3.8) is 0 Å². The Kier molecular flexibility index (Phi) is 4.07. The Morgan fingerprint density at radius 3 is 2.89 bits per heavy atom. The van der Waals surface area contributed by atoms with Gasteiger partial charge < -0.3 is 10.3 Å². The van der Waals surface area contributed by atoms with E-state index in [0.29, 0.717) is 17.8 Å². The molecule has 2 N–H and O–H groups in total. The van der Waals surface area contributed by atoms with Gasteiger partial charge in [0, 0.05) is 30.7 Å². The van der Waals surface area contributed by atoms with E-state index in [-0.39, 0.29) is 11.7 Å². The number of H-pyrrole nitrogens is 1. The third-order valence-electron chi connectivity index (χ3n) is 2.76. The van der Waals surface area contributed by atoms with Crippen molar-refractivity contribution in [1.29, 1.82) is 0 Å². The van der Waals surface area contributed by atoms with Gasteiger partial charge in [-0.3, -0.25) is 14.6 Å². The number of aromatic amines is 1. The number of amides is 1. The molecule has 0 saturated heterocycles. The molecular weight excluding hydrogens is 242 g/mol. The molecule has 2 heterocycles. The lowest BCUT2D eigenvalue weighted by atomic mass is 10.2. The first kappa shape index (κ1) is 13.0. The molecule has 0 atom stereocenters. The zero-order chi connectivity index (χ0) is 13.7. The Hall–Kier alpha value is -2.43. The second-order valence-corrected chi connectivity index (χ2v) is 4.23. The molecular formula is C14H15N3O2. The number of hydrogen-bond donors (Lipinski definition) is 2. The van der Waals surface area contributed by atoms with Gasteiger partial charge in [-0.15, -0.1) is 0 Å². The molecule has 19 heavy (non-hydrogen) atoms. The number of carbonyl (C=O) groups is 2. The lowest BCUT2D eigenvalue weighted by Crippen LogP contribution is -2.25. The number of nitrogens with zero attached hydrogens (tertiary/aromatic N) is 1. The first-order valence-electron chi connectivity index (χ1n) is 6.03. The number of nitrogens with one attached hydrogen (secondary N) is 2. The molecule has 0 bridgehead atoms. The highest BCUT2D eigenvalue weighted by Crippen LogP contribution is 2.04. The monoisotopic (exact) mass is 257 g/mol. The molecule has 0 unspecified atom stereocenters. The summed E-state index contributed by atoms with van der Waals surface area (Å²) in [5.41, 5.74) is 1.98. The summed E-state index contributed by atoms with van der Waals surface area (Å²) in [7, 11) is 0. The molecule has 0 aromatic carbocycles. The van der Waals surface area contributed by atoms with Crippen molar-refractivity contribution in [2.45, 2.75) is 13.3 Å². The van der Waals surface area contributed by atoms with E-state index in [0.717, 1.165) is 12.0 Å². The molecule has 0 fully saturated rings. The van der Waals surface area contributed by atoms with Crippen LogP contribution in [0.15, 0.2) is 36.8 Å². The quantitative estimate of drug-likeness (QED) is 0.799. The van der Waals surface area contributed by atoms with Gasteiger partial charge in [0.1, 0.15) is 5.69 Å². The van der Waals surface area contributed by atoms with E-state index in [2.05, 4.69) is 15.3 Å². The van der Waals surface area contributed by atoms with Crippen LogP contribution in [0.4, 0.5) is 0 Å². The SMILES string of the molecule is CC(=O)c1c[nH]c(C(=O)NCCc2cccnc2)c1. The number of aromatic nitrogens is 2. The summed E-state index contributed by atoms with van der Waals surface area (Å²) in [5.74, 6) is -0.276. The Labute approximate surface area is 111 Å². The van der Waals surface area contributed by atoms with Crippen molar-refractivity contribution < 1.29 is 9.59 Å². The maximum absolute atomic E-state index is 11.8. The Bertz CT molecular complexity index is 575. The van der Waals surface area contributed by atoms with E-state index < -0.39 is 0 Å². The fourth-order valence-electron chi connectivity index (χ4n) is 1.69. The smallest absolute Gasteiger partial charge is 0.267 e. The number of Topliss-reactive ketones (excluding diaryl/α,β-unsaturated/α-hetero) is 1. The molecule has 2 rings (SSSR count). The average molecular weight is 257 g/mol. The van der Waals surface area contributed by atoms with Crippen molar-refractivity contribution in [3.8, 4) is 0 Å². The Balaban J connectivity index is 1.85. The zero-order valence-electron chi connectivity index (χ0n) is 10.6. The molecule has 0 aliphatic heterocycles. The second kappa shape index (κ2) is 5.95. The number of carbonyl (C=O) groups excluding carboxylic acids is 2. The van der Waals surface area contributed by atoms with Gasteiger partial charge in [-0.1, -0.05) is 6.07 Å². The summed E-state index contributed by atoms with van der Waals surface area (Å²) in [6.45, 7) is 1.99. The first-order valence-corrected chi connectivity index (χ1v) is 6.03. The van der Waals surface area contributed by atoms with Crippen LogP contribution in [0.1, 0.15) is 33.3 Å². The van der Waals surface area contributed by atoms with E-state index in [1.165, 1.54) is 6.92 Å². The number of pyridine rings is 1. The van der Waals surface area contributed by atoms with Gasteiger partial charge in [0.15, 0.2) is 5.78 Å². The summed E-state index contributed by atoms with van der Waals surface area (Å²) in [6, 6.07) is 5.38. The van der Waals surface area contributed by atoms with E-state index in [9.17, 15) is 9.59 Å². The van der Waals surface area contributed by atoms with E-state index in [1.54, 1.807) is 24.7 Å². The van der Waals surface area contributed by atoms with Gasteiger partial charge in [-0.05, 0) is 31.0 Å². The van der Waals surface area contributed by atoms with Gasteiger partial charge in [-0.25, -0.2) is 0 Å². The van der Waals surface area contributed by atoms with E-state index >= 15 is 0 Å². The fourth-order valence-corrected chi connectivity index (χ4v) is 1.69. The van der Waals surface area contributed by atoms with Crippen molar-refractivity contribution in [2.24, 2.45) is 0 Å². The van der Waals surface area contributed by atoms with Crippen LogP contribution in [0.3, 0.4) is 0 Å². The van der Waals surface area contributed by atoms with Crippen LogP contribution in [0.2, 0.25) is 0 Å². The fraction of sp³-hybridized carbons (Fsp3) is 0.214. The van der Waals surface area contributed by atoms with Crippen LogP contribution in [0.5, 0.6) is 0 Å². The molecule has 0 saturated carbocycles. The highest BCUT2D eigenvalue weighted by Gasteiger charge is 2.09.